The Hall–Kier alpha value is -0.120. The molecular formula is C20H34Na2O8. The van der Waals surface area contributed by atoms with E-state index < -0.39 is 24.8 Å². The molecule has 164 valence electrons. The molecule has 30 heavy (non-hydrogen) atoms. The van der Waals surface area contributed by atoms with Crippen LogP contribution in [0, 0.1) is 0 Å². The van der Waals surface area contributed by atoms with Crippen LogP contribution in [0.1, 0.15) is 90.9 Å². The van der Waals surface area contributed by atoms with Crippen molar-refractivity contribution < 1.29 is 98.0 Å². The van der Waals surface area contributed by atoms with E-state index in [-0.39, 0.29) is 83.9 Å². The van der Waals surface area contributed by atoms with Crippen LogP contribution in [-0.2, 0) is 28.7 Å². The summed E-state index contributed by atoms with van der Waals surface area (Å²) in [7, 11) is 0. The number of carboxylic acids is 2. The third-order valence-electron chi connectivity index (χ3n) is 3.59. The Morgan fingerprint density at radius 1 is 0.567 bits per heavy atom. The number of ether oxygens (including phenoxy) is 2. The van der Waals surface area contributed by atoms with Crippen molar-refractivity contribution in [1.82, 2.24) is 0 Å². The number of rotatable bonds is 16. The Morgan fingerprint density at radius 2 is 0.900 bits per heavy atom. The van der Waals surface area contributed by atoms with Gasteiger partial charge < -0.3 is 29.3 Å². The van der Waals surface area contributed by atoms with Crippen molar-refractivity contribution in [2.45, 2.75) is 90.9 Å². The van der Waals surface area contributed by atoms with Gasteiger partial charge in [-0.05, 0) is 25.7 Å². The van der Waals surface area contributed by atoms with E-state index in [2.05, 4.69) is 13.8 Å². The monoisotopic (exact) mass is 448 g/mol. The second kappa shape index (κ2) is 28.9. The molecule has 0 aliphatic heterocycles. The first-order chi connectivity index (χ1) is 13.3. The van der Waals surface area contributed by atoms with Crippen LogP contribution < -0.4 is 69.3 Å². The number of carboxylic acid groups (broad SMARTS) is 2. The number of carbonyl (C=O) groups is 4. The predicted octanol–water partition coefficient (Wildman–Crippen LogP) is -4.71. The molecule has 0 fully saturated rings. The number of unbranched alkanes of at least 4 members (excludes halogenated alkanes) is 6. The van der Waals surface area contributed by atoms with Gasteiger partial charge >= 0.3 is 71.1 Å². The van der Waals surface area contributed by atoms with Gasteiger partial charge in [-0.15, -0.1) is 0 Å². The van der Waals surface area contributed by atoms with Crippen molar-refractivity contribution in [1.29, 1.82) is 0 Å². The van der Waals surface area contributed by atoms with Crippen molar-refractivity contribution in [2.75, 3.05) is 13.2 Å². The van der Waals surface area contributed by atoms with Crippen LogP contribution in [0.4, 0.5) is 0 Å². The molecule has 0 aromatic heterocycles. The fourth-order valence-corrected chi connectivity index (χ4v) is 1.98. The summed E-state index contributed by atoms with van der Waals surface area (Å²) < 4.78 is 10.1. The number of aliphatic carboxylic acids is 2. The molecule has 0 aliphatic carbocycles. The maximum absolute atomic E-state index is 11.4. The molecule has 0 rings (SSSR count). The van der Waals surface area contributed by atoms with Crippen molar-refractivity contribution in [2.24, 2.45) is 0 Å². The summed E-state index contributed by atoms with van der Waals surface area (Å²) in [4.78, 5) is 41.7. The van der Waals surface area contributed by atoms with E-state index >= 15 is 0 Å². The van der Waals surface area contributed by atoms with Gasteiger partial charge in [-0.1, -0.05) is 52.4 Å². The van der Waals surface area contributed by atoms with Gasteiger partial charge in [0.1, 0.15) is 0 Å². The van der Waals surface area contributed by atoms with Crippen LogP contribution in [0.15, 0.2) is 0 Å². The first-order valence-corrected chi connectivity index (χ1v) is 10.0. The average Bonchev–Trinajstić information content (AvgIpc) is 2.65. The Bertz CT molecular complexity index is 405. The molecule has 0 heterocycles. The summed E-state index contributed by atoms with van der Waals surface area (Å²) in [5, 5.41) is 19.0. The van der Waals surface area contributed by atoms with Crippen LogP contribution >= 0.6 is 0 Å². The number of esters is 2. The molecule has 0 aromatic rings. The average molecular weight is 448 g/mol. The Morgan fingerprint density at radius 3 is 1.17 bits per heavy atom. The minimum Gasteiger partial charge on any atom is -0.550 e. The molecule has 0 spiro atoms. The van der Waals surface area contributed by atoms with Crippen LogP contribution in [0.2, 0.25) is 0 Å². The van der Waals surface area contributed by atoms with Gasteiger partial charge in [0.2, 0.25) is 0 Å². The topological polar surface area (TPSA) is 133 Å². The summed E-state index contributed by atoms with van der Waals surface area (Å²) >= 11 is 0. The van der Waals surface area contributed by atoms with Crippen LogP contribution in [0.25, 0.3) is 0 Å². The molecule has 8 nitrogen and oxygen atoms in total. The molecule has 0 bridgehead atoms. The fourth-order valence-electron chi connectivity index (χ4n) is 1.98. The predicted molar refractivity (Wildman–Crippen MR) is 98.7 cm³/mol. The Kier molecular flexibility index (Phi) is 35.8. The summed E-state index contributed by atoms with van der Waals surface area (Å²) in [6.07, 6.45) is 7.96. The standard InChI is InChI=1S/C16H30O4.C4H6O4.2Na/c1-3-5-7-9-13-19-15(17)11-12-16(18)20-14-10-8-6-4-2;5-3(6)1-2-4(7)8;;/h3-14H2,1-2H3;1-2H2,(H,5,6)(H,7,8);;/q;;2*+1/p-2. The van der Waals surface area contributed by atoms with Crippen molar-refractivity contribution in [3.05, 3.63) is 0 Å². The van der Waals surface area contributed by atoms with Gasteiger partial charge in [0, 0.05) is 11.9 Å². The number of carbonyl (C=O) groups excluding carboxylic acids is 4. The van der Waals surface area contributed by atoms with E-state index in [4.69, 9.17) is 9.47 Å². The molecular weight excluding hydrogens is 414 g/mol. The van der Waals surface area contributed by atoms with Crippen molar-refractivity contribution in [3.63, 3.8) is 0 Å². The molecule has 10 heteroatoms. The fraction of sp³-hybridized carbons (Fsp3) is 0.800. The maximum Gasteiger partial charge on any atom is 1.00 e. The van der Waals surface area contributed by atoms with Gasteiger partial charge in [-0.2, -0.15) is 0 Å². The molecule has 0 atom stereocenters. The van der Waals surface area contributed by atoms with Gasteiger partial charge in [-0.3, -0.25) is 9.59 Å². The summed E-state index contributed by atoms with van der Waals surface area (Å²) in [6, 6.07) is 0. The van der Waals surface area contributed by atoms with E-state index in [9.17, 15) is 29.4 Å². The second-order valence-corrected chi connectivity index (χ2v) is 6.31. The van der Waals surface area contributed by atoms with E-state index in [0.717, 1.165) is 38.5 Å². The first-order valence-electron chi connectivity index (χ1n) is 10.0. The maximum atomic E-state index is 11.4. The Labute approximate surface area is 224 Å². The van der Waals surface area contributed by atoms with E-state index in [0.29, 0.717) is 13.2 Å². The minimum atomic E-state index is -1.37. The van der Waals surface area contributed by atoms with Gasteiger partial charge in [0.25, 0.3) is 0 Å². The van der Waals surface area contributed by atoms with Crippen LogP contribution in [0.3, 0.4) is 0 Å². The molecule has 0 radical (unpaired) electrons. The SMILES string of the molecule is CCCCCCOC(=O)CCC(=O)OCCCCCC.O=C([O-])CCC(=O)[O-].[Na+].[Na+]. The number of hydrogen-bond acceptors (Lipinski definition) is 8. The summed E-state index contributed by atoms with van der Waals surface area (Å²) in [5.41, 5.74) is 0. The minimum absolute atomic E-state index is 0. The third kappa shape index (κ3) is 35.3. The molecule has 0 N–H and O–H groups in total. The first kappa shape index (κ1) is 37.2. The third-order valence-corrected chi connectivity index (χ3v) is 3.59. The number of hydrogen-bond donors (Lipinski definition) is 0. The van der Waals surface area contributed by atoms with Crippen molar-refractivity contribution >= 4 is 23.9 Å². The quantitative estimate of drug-likeness (QED) is 0.131. The second-order valence-electron chi connectivity index (χ2n) is 6.31. The Balaban J connectivity index is -0.000000288. The molecule has 0 amide bonds. The smallest absolute Gasteiger partial charge is 0.550 e. The zero-order valence-electron chi connectivity index (χ0n) is 19.2. The summed E-state index contributed by atoms with van der Waals surface area (Å²) in [6.45, 7) is 5.20. The van der Waals surface area contributed by atoms with Gasteiger partial charge in [0.15, 0.2) is 0 Å². The normalized spacial score (nSPS) is 9.13. The molecule has 0 saturated carbocycles. The molecule has 0 unspecified atom stereocenters. The van der Waals surface area contributed by atoms with Crippen LogP contribution in [0.5, 0.6) is 0 Å². The molecule has 0 aromatic carbocycles. The van der Waals surface area contributed by atoms with Crippen molar-refractivity contribution in [3.8, 4) is 0 Å². The largest absolute Gasteiger partial charge is 1.00 e. The van der Waals surface area contributed by atoms with Crippen LogP contribution in [-0.4, -0.2) is 37.1 Å². The van der Waals surface area contributed by atoms with E-state index in [1.165, 1.54) is 12.8 Å². The molecule has 0 saturated heterocycles. The van der Waals surface area contributed by atoms with Gasteiger partial charge in [-0.25, -0.2) is 0 Å². The van der Waals surface area contributed by atoms with Gasteiger partial charge in [0.05, 0.1) is 26.1 Å². The zero-order valence-corrected chi connectivity index (χ0v) is 23.2. The zero-order chi connectivity index (χ0) is 21.6. The summed E-state index contributed by atoms with van der Waals surface area (Å²) in [5.74, 6) is -3.34. The molecule has 0 aliphatic rings. The van der Waals surface area contributed by atoms with E-state index in [1.54, 1.807) is 0 Å². The van der Waals surface area contributed by atoms with E-state index in [1.807, 2.05) is 0 Å².